The summed E-state index contributed by atoms with van der Waals surface area (Å²) in [5, 5.41) is 10.5. The number of amides is 1. The lowest BCUT2D eigenvalue weighted by molar-refractivity contribution is 0.0465. The maximum absolute atomic E-state index is 12.4. The first kappa shape index (κ1) is 15.3. The van der Waals surface area contributed by atoms with Gasteiger partial charge >= 0.3 is 0 Å². The maximum Gasteiger partial charge on any atom is 0.263 e. The Kier molecular flexibility index (Phi) is 4.60. The minimum absolute atomic E-state index is 0.130. The van der Waals surface area contributed by atoms with Crippen LogP contribution < -0.4 is 0 Å². The van der Waals surface area contributed by atoms with E-state index in [1.54, 1.807) is 11.3 Å². The lowest BCUT2D eigenvalue weighted by Gasteiger charge is -2.34. The zero-order chi connectivity index (χ0) is 15.5. The molecule has 1 saturated heterocycles. The Morgan fingerprint density at radius 2 is 1.86 bits per heavy atom. The number of rotatable bonds is 3. The van der Waals surface area contributed by atoms with E-state index in [1.807, 2.05) is 54.3 Å². The summed E-state index contributed by atoms with van der Waals surface area (Å²) in [5.41, 5.74) is 0.973. The fraction of sp³-hybridized carbons (Fsp3) is 0.389. The zero-order valence-electron chi connectivity index (χ0n) is 12.7. The summed E-state index contributed by atoms with van der Waals surface area (Å²) in [4.78, 5) is 16.3. The fourth-order valence-electron chi connectivity index (χ4n) is 3.05. The van der Waals surface area contributed by atoms with Crippen LogP contribution in [0.4, 0.5) is 0 Å². The number of piperidine rings is 1. The minimum atomic E-state index is -0.428. The van der Waals surface area contributed by atoms with Crippen molar-refractivity contribution in [3.63, 3.8) is 0 Å². The van der Waals surface area contributed by atoms with Crippen molar-refractivity contribution in [2.75, 3.05) is 13.1 Å². The highest BCUT2D eigenvalue weighted by Gasteiger charge is 2.28. The molecular weight excluding hydrogens is 294 g/mol. The number of nitrogens with zero attached hydrogens (tertiary/aromatic N) is 1. The summed E-state index contributed by atoms with van der Waals surface area (Å²) in [5.74, 6) is 0.363. The Morgan fingerprint density at radius 3 is 2.45 bits per heavy atom. The summed E-state index contributed by atoms with van der Waals surface area (Å²) >= 11 is 1.55. The molecule has 2 heterocycles. The van der Waals surface area contributed by atoms with Gasteiger partial charge in [0.1, 0.15) is 0 Å². The third-order valence-corrected chi connectivity index (χ3v) is 5.35. The van der Waals surface area contributed by atoms with E-state index in [1.165, 1.54) is 0 Å². The molecule has 4 heteroatoms. The lowest BCUT2D eigenvalue weighted by Crippen LogP contribution is -2.39. The van der Waals surface area contributed by atoms with Gasteiger partial charge in [0.15, 0.2) is 0 Å². The van der Waals surface area contributed by atoms with Gasteiger partial charge in [0.25, 0.3) is 5.91 Å². The first-order valence-corrected chi connectivity index (χ1v) is 8.55. The van der Waals surface area contributed by atoms with Gasteiger partial charge in [-0.3, -0.25) is 4.79 Å². The zero-order valence-corrected chi connectivity index (χ0v) is 13.6. The number of thiophene rings is 1. The van der Waals surface area contributed by atoms with Crippen LogP contribution in [0.1, 0.15) is 39.1 Å². The highest BCUT2D eigenvalue weighted by atomic mass is 32.1. The molecule has 2 aromatic rings. The van der Waals surface area contributed by atoms with Gasteiger partial charge < -0.3 is 10.0 Å². The predicted octanol–water partition coefficient (Wildman–Crippen LogP) is 3.64. The average molecular weight is 315 g/mol. The van der Waals surface area contributed by atoms with Crippen molar-refractivity contribution >= 4 is 17.2 Å². The van der Waals surface area contributed by atoms with Crippen LogP contribution in [0.5, 0.6) is 0 Å². The molecular formula is C18H21NO2S. The molecule has 3 nitrogen and oxygen atoms in total. The molecule has 1 N–H and O–H groups in total. The van der Waals surface area contributed by atoms with Crippen molar-refractivity contribution in [2.24, 2.45) is 5.92 Å². The normalized spacial score (nSPS) is 17.5. The minimum Gasteiger partial charge on any atom is -0.388 e. The molecule has 0 bridgehead atoms. The molecule has 0 spiro atoms. The Hall–Kier alpha value is -1.65. The van der Waals surface area contributed by atoms with Crippen LogP contribution in [-0.2, 0) is 0 Å². The van der Waals surface area contributed by atoms with E-state index in [4.69, 9.17) is 0 Å². The smallest absolute Gasteiger partial charge is 0.263 e. The molecule has 1 aliphatic heterocycles. The Labute approximate surface area is 135 Å². The number of benzene rings is 1. The molecule has 1 fully saturated rings. The Morgan fingerprint density at radius 1 is 1.18 bits per heavy atom. The topological polar surface area (TPSA) is 40.5 Å². The van der Waals surface area contributed by atoms with Crippen molar-refractivity contribution in [1.29, 1.82) is 0 Å². The quantitative estimate of drug-likeness (QED) is 0.939. The number of carbonyl (C=O) groups is 1. The molecule has 0 saturated carbocycles. The number of hydrogen-bond acceptors (Lipinski definition) is 3. The molecule has 116 valence electrons. The third kappa shape index (κ3) is 3.23. The van der Waals surface area contributed by atoms with Gasteiger partial charge in [-0.25, -0.2) is 0 Å². The molecule has 1 aliphatic rings. The Bertz CT molecular complexity index is 630. The molecule has 1 aromatic carbocycles. The van der Waals surface area contributed by atoms with E-state index >= 15 is 0 Å². The molecule has 1 aromatic heterocycles. The van der Waals surface area contributed by atoms with Crippen LogP contribution in [0.2, 0.25) is 0 Å². The third-order valence-electron chi connectivity index (χ3n) is 4.37. The Balaban J connectivity index is 1.59. The summed E-state index contributed by atoms with van der Waals surface area (Å²) < 4.78 is 0. The molecule has 3 rings (SSSR count). The number of aryl methyl sites for hydroxylation is 1. The van der Waals surface area contributed by atoms with E-state index in [2.05, 4.69) is 0 Å². The van der Waals surface area contributed by atoms with Gasteiger partial charge in [-0.2, -0.15) is 0 Å². The van der Waals surface area contributed by atoms with Gasteiger partial charge in [0, 0.05) is 18.0 Å². The molecule has 0 unspecified atom stereocenters. The molecule has 0 radical (unpaired) electrons. The predicted molar refractivity (Wildman–Crippen MR) is 89.1 cm³/mol. The van der Waals surface area contributed by atoms with Crippen molar-refractivity contribution in [3.05, 3.63) is 57.8 Å². The first-order valence-electron chi connectivity index (χ1n) is 7.74. The molecule has 1 atom stereocenters. The van der Waals surface area contributed by atoms with Crippen LogP contribution in [0.3, 0.4) is 0 Å². The summed E-state index contributed by atoms with van der Waals surface area (Å²) in [6.07, 6.45) is 1.28. The van der Waals surface area contributed by atoms with Gasteiger partial charge in [-0.1, -0.05) is 30.3 Å². The van der Waals surface area contributed by atoms with Crippen LogP contribution in [-0.4, -0.2) is 29.0 Å². The SMILES string of the molecule is Cc1ccc(C(=O)N2CCC([C@H](O)c3ccccc3)CC2)s1. The second-order valence-electron chi connectivity index (χ2n) is 5.90. The molecule has 22 heavy (non-hydrogen) atoms. The van der Waals surface area contributed by atoms with E-state index < -0.39 is 6.10 Å². The largest absolute Gasteiger partial charge is 0.388 e. The molecule has 0 aliphatic carbocycles. The average Bonchev–Trinajstić information content (AvgIpc) is 3.01. The van der Waals surface area contributed by atoms with Crippen LogP contribution >= 0.6 is 11.3 Å². The van der Waals surface area contributed by atoms with Gasteiger partial charge in [-0.15, -0.1) is 11.3 Å². The summed E-state index contributed by atoms with van der Waals surface area (Å²) in [6, 6.07) is 13.7. The van der Waals surface area contributed by atoms with Gasteiger partial charge in [0.2, 0.25) is 0 Å². The highest BCUT2D eigenvalue weighted by molar-refractivity contribution is 7.13. The van der Waals surface area contributed by atoms with E-state index in [-0.39, 0.29) is 11.8 Å². The van der Waals surface area contributed by atoms with Gasteiger partial charge in [0.05, 0.1) is 11.0 Å². The van der Waals surface area contributed by atoms with Crippen molar-refractivity contribution in [1.82, 2.24) is 4.90 Å². The second kappa shape index (κ2) is 6.63. The fourth-order valence-corrected chi connectivity index (χ4v) is 3.88. The number of likely N-dealkylation sites (tertiary alicyclic amines) is 1. The van der Waals surface area contributed by atoms with Crippen LogP contribution in [0, 0.1) is 12.8 Å². The van der Waals surface area contributed by atoms with Gasteiger partial charge in [-0.05, 0) is 43.4 Å². The summed E-state index contributed by atoms with van der Waals surface area (Å²) in [6.45, 7) is 3.47. The standard InChI is InChI=1S/C18H21NO2S/c1-13-7-8-16(22-13)18(21)19-11-9-15(10-12-19)17(20)14-5-3-2-4-6-14/h2-8,15,17,20H,9-12H2,1H3/t17-/m1/s1. The first-order chi connectivity index (χ1) is 10.6. The van der Waals surface area contributed by atoms with Crippen molar-refractivity contribution < 1.29 is 9.90 Å². The number of aliphatic hydroxyl groups is 1. The lowest BCUT2D eigenvalue weighted by atomic mass is 9.87. The number of hydrogen-bond donors (Lipinski definition) is 1. The highest BCUT2D eigenvalue weighted by Crippen LogP contribution is 2.31. The van der Waals surface area contributed by atoms with E-state index in [0.29, 0.717) is 0 Å². The monoisotopic (exact) mass is 315 g/mol. The van der Waals surface area contributed by atoms with Crippen molar-refractivity contribution in [2.45, 2.75) is 25.9 Å². The number of carbonyl (C=O) groups excluding carboxylic acids is 1. The maximum atomic E-state index is 12.4. The van der Waals surface area contributed by atoms with Crippen LogP contribution in [0.15, 0.2) is 42.5 Å². The van der Waals surface area contributed by atoms with E-state index in [9.17, 15) is 9.90 Å². The van der Waals surface area contributed by atoms with E-state index in [0.717, 1.165) is 41.2 Å². The van der Waals surface area contributed by atoms with Crippen molar-refractivity contribution in [3.8, 4) is 0 Å². The second-order valence-corrected chi connectivity index (χ2v) is 7.18. The molecule has 1 amide bonds. The number of aliphatic hydroxyl groups excluding tert-OH is 1. The van der Waals surface area contributed by atoms with Crippen LogP contribution in [0.25, 0.3) is 0 Å². The summed E-state index contributed by atoms with van der Waals surface area (Å²) in [7, 11) is 0.